The van der Waals surface area contributed by atoms with Crippen LogP contribution < -0.4 is 5.32 Å². The number of carbonyl (C=O) groups excluding carboxylic acids is 1. The van der Waals surface area contributed by atoms with E-state index in [0.29, 0.717) is 12.3 Å². The van der Waals surface area contributed by atoms with E-state index in [2.05, 4.69) is 46.7 Å². The largest absolute Gasteiger partial charge is 0.467 e. The third-order valence-corrected chi connectivity index (χ3v) is 4.61. The highest BCUT2D eigenvalue weighted by Crippen LogP contribution is 2.20. The topological polar surface area (TPSA) is 68.0 Å². The molecule has 3 aromatic rings. The smallest absolute Gasteiger partial charge is 0.230 e. The fourth-order valence-electron chi connectivity index (χ4n) is 2.25. The molecular formula is C19H19N3O2S. The van der Waals surface area contributed by atoms with Crippen LogP contribution in [0.5, 0.6) is 0 Å². The van der Waals surface area contributed by atoms with Gasteiger partial charge >= 0.3 is 0 Å². The van der Waals surface area contributed by atoms with E-state index in [-0.39, 0.29) is 5.91 Å². The number of amides is 1. The lowest BCUT2D eigenvalue weighted by Gasteiger charge is -2.04. The fraction of sp³-hybridized carbons (Fsp3) is 0.211. The molecule has 0 aliphatic carbocycles. The van der Waals surface area contributed by atoms with Crippen molar-refractivity contribution in [2.75, 3.05) is 5.75 Å². The minimum Gasteiger partial charge on any atom is -0.467 e. The van der Waals surface area contributed by atoms with E-state index < -0.39 is 0 Å². The molecule has 0 saturated carbocycles. The second-order valence-corrected chi connectivity index (χ2v) is 6.45. The SMILES string of the molecule is CCc1ccc(-c2ccc(SCC(=O)NCc3ccco3)nn2)cc1. The van der Waals surface area contributed by atoms with Crippen LogP contribution in [0.1, 0.15) is 18.2 Å². The molecule has 0 spiro atoms. The van der Waals surface area contributed by atoms with Gasteiger partial charge in [-0.3, -0.25) is 4.79 Å². The number of carbonyl (C=O) groups is 1. The highest BCUT2D eigenvalue weighted by atomic mass is 32.2. The van der Waals surface area contributed by atoms with Gasteiger partial charge in [0.15, 0.2) is 0 Å². The van der Waals surface area contributed by atoms with Crippen molar-refractivity contribution < 1.29 is 9.21 Å². The van der Waals surface area contributed by atoms with Crippen LogP contribution in [0.15, 0.2) is 64.2 Å². The number of hydrogen-bond acceptors (Lipinski definition) is 5. The summed E-state index contributed by atoms with van der Waals surface area (Å²) in [6, 6.07) is 15.7. The molecule has 2 heterocycles. The Balaban J connectivity index is 1.50. The zero-order valence-corrected chi connectivity index (χ0v) is 14.8. The lowest BCUT2D eigenvalue weighted by atomic mass is 10.1. The summed E-state index contributed by atoms with van der Waals surface area (Å²) >= 11 is 1.36. The van der Waals surface area contributed by atoms with Crippen LogP contribution in [0.4, 0.5) is 0 Å². The van der Waals surface area contributed by atoms with Gasteiger partial charge in [0.2, 0.25) is 5.91 Å². The maximum Gasteiger partial charge on any atom is 0.230 e. The van der Waals surface area contributed by atoms with E-state index in [1.54, 1.807) is 12.3 Å². The molecule has 3 rings (SSSR count). The lowest BCUT2D eigenvalue weighted by molar-refractivity contribution is -0.118. The summed E-state index contributed by atoms with van der Waals surface area (Å²) in [5.41, 5.74) is 3.16. The van der Waals surface area contributed by atoms with Gasteiger partial charge < -0.3 is 9.73 Å². The molecule has 2 aromatic heterocycles. The molecule has 0 bridgehead atoms. The van der Waals surface area contributed by atoms with Crippen molar-refractivity contribution in [3.8, 4) is 11.3 Å². The standard InChI is InChI=1S/C19H19N3O2S/c1-2-14-5-7-15(8-6-14)17-9-10-19(22-21-17)25-13-18(23)20-12-16-4-3-11-24-16/h3-11H,2,12-13H2,1H3,(H,20,23). The summed E-state index contributed by atoms with van der Waals surface area (Å²) in [6.07, 6.45) is 2.60. The molecule has 1 aromatic carbocycles. The summed E-state index contributed by atoms with van der Waals surface area (Å²) < 4.78 is 5.17. The molecule has 1 N–H and O–H groups in total. The summed E-state index contributed by atoms with van der Waals surface area (Å²) in [7, 11) is 0. The van der Waals surface area contributed by atoms with Crippen molar-refractivity contribution in [1.29, 1.82) is 0 Å². The number of furan rings is 1. The van der Waals surface area contributed by atoms with Crippen molar-refractivity contribution in [2.24, 2.45) is 0 Å². The van der Waals surface area contributed by atoms with Crippen LogP contribution in [-0.2, 0) is 17.8 Å². The van der Waals surface area contributed by atoms with Crippen LogP contribution in [0.25, 0.3) is 11.3 Å². The molecule has 25 heavy (non-hydrogen) atoms. The Bertz CT molecular complexity index is 800. The minimum absolute atomic E-state index is 0.0672. The number of hydrogen-bond donors (Lipinski definition) is 1. The van der Waals surface area contributed by atoms with Crippen LogP contribution in [0.3, 0.4) is 0 Å². The van der Waals surface area contributed by atoms with E-state index in [1.807, 2.05) is 18.2 Å². The first kappa shape index (κ1) is 17.2. The van der Waals surface area contributed by atoms with Crippen LogP contribution in [0.2, 0.25) is 0 Å². The predicted octanol–water partition coefficient (Wildman–Crippen LogP) is 3.71. The maximum absolute atomic E-state index is 11.8. The zero-order valence-electron chi connectivity index (χ0n) is 13.9. The molecule has 5 nitrogen and oxygen atoms in total. The number of aryl methyl sites for hydroxylation is 1. The van der Waals surface area contributed by atoms with Gasteiger partial charge in [-0.05, 0) is 36.2 Å². The Kier molecular flexibility index (Phi) is 5.85. The van der Waals surface area contributed by atoms with Gasteiger partial charge in [-0.15, -0.1) is 10.2 Å². The molecule has 128 valence electrons. The quantitative estimate of drug-likeness (QED) is 0.656. The molecule has 0 saturated heterocycles. The van der Waals surface area contributed by atoms with E-state index in [0.717, 1.165) is 28.5 Å². The highest BCUT2D eigenvalue weighted by Gasteiger charge is 2.06. The molecule has 0 radical (unpaired) electrons. The molecule has 6 heteroatoms. The van der Waals surface area contributed by atoms with Crippen molar-refractivity contribution in [1.82, 2.24) is 15.5 Å². The number of aromatic nitrogens is 2. The maximum atomic E-state index is 11.8. The number of benzene rings is 1. The van der Waals surface area contributed by atoms with Gasteiger partial charge in [0.05, 0.1) is 24.3 Å². The molecule has 1 amide bonds. The highest BCUT2D eigenvalue weighted by molar-refractivity contribution is 7.99. The Morgan fingerprint density at radius 1 is 1.12 bits per heavy atom. The Hall–Kier alpha value is -2.60. The molecule has 0 aliphatic heterocycles. The molecular weight excluding hydrogens is 334 g/mol. The molecule has 0 unspecified atom stereocenters. The van der Waals surface area contributed by atoms with Gasteiger partial charge in [0.25, 0.3) is 0 Å². The van der Waals surface area contributed by atoms with Gasteiger partial charge in [-0.25, -0.2) is 0 Å². The average Bonchev–Trinajstić information content (AvgIpc) is 3.19. The number of rotatable bonds is 7. The summed E-state index contributed by atoms with van der Waals surface area (Å²) in [5, 5.41) is 12.0. The first-order valence-electron chi connectivity index (χ1n) is 8.09. The van der Waals surface area contributed by atoms with E-state index in [1.165, 1.54) is 17.3 Å². The second kappa shape index (κ2) is 8.48. The summed E-state index contributed by atoms with van der Waals surface area (Å²) in [5.74, 6) is 0.957. The normalized spacial score (nSPS) is 10.6. The third-order valence-electron chi connectivity index (χ3n) is 3.69. The van der Waals surface area contributed by atoms with Crippen molar-refractivity contribution in [3.63, 3.8) is 0 Å². The predicted molar refractivity (Wildman–Crippen MR) is 98.1 cm³/mol. The minimum atomic E-state index is -0.0672. The summed E-state index contributed by atoms with van der Waals surface area (Å²) in [4.78, 5) is 11.8. The average molecular weight is 353 g/mol. The Morgan fingerprint density at radius 3 is 2.60 bits per heavy atom. The van der Waals surface area contributed by atoms with E-state index in [9.17, 15) is 4.79 Å². The fourth-order valence-corrected chi connectivity index (χ4v) is 2.90. The van der Waals surface area contributed by atoms with Gasteiger partial charge in [0.1, 0.15) is 10.8 Å². The monoisotopic (exact) mass is 353 g/mol. The van der Waals surface area contributed by atoms with Crippen molar-refractivity contribution >= 4 is 17.7 Å². The lowest BCUT2D eigenvalue weighted by Crippen LogP contribution is -2.24. The number of nitrogens with zero attached hydrogens (tertiary/aromatic N) is 2. The Labute approximate surface area is 150 Å². The molecule has 0 fully saturated rings. The van der Waals surface area contributed by atoms with Crippen molar-refractivity contribution in [2.45, 2.75) is 24.9 Å². The first-order valence-corrected chi connectivity index (χ1v) is 9.08. The zero-order chi connectivity index (χ0) is 17.5. The van der Waals surface area contributed by atoms with Crippen LogP contribution in [-0.4, -0.2) is 21.9 Å². The number of nitrogens with one attached hydrogen (secondary N) is 1. The van der Waals surface area contributed by atoms with Gasteiger partial charge in [0, 0.05) is 5.56 Å². The summed E-state index contributed by atoms with van der Waals surface area (Å²) in [6.45, 7) is 2.52. The van der Waals surface area contributed by atoms with E-state index >= 15 is 0 Å². The first-order chi connectivity index (χ1) is 12.2. The second-order valence-electron chi connectivity index (χ2n) is 5.45. The molecule has 0 atom stereocenters. The third kappa shape index (κ3) is 4.93. The van der Waals surface area contributed by atoms with E-state index in [4.69, 9.17) is 4.42 Å². The Morgan fingerprint density at radius 2 is 1.96 bits per heavy atom. The van der Waals surface area contributed by atoms with Gasteiger partial charge in [-0.2, -0.15) is 0 Å². The molecule has 0 aliphatic rings. The number of thioether (sulfide) groups is 1. The van der Waals surface area contributed by atoms with Crippen LogP contribution in [0, 0.1) is 0 Å². The van der Waals surface area contributed by atoms with Gasteiger partial charge in [-0.1, -0.05) is 43.0 Å². The van der Waals surface area contributed by atoms with Crippen LogP contribution >= 0.6 is 11.8 Å². The van der Waals surface area contributed by atoms with Crippen molar-refractivity contribution in [3.05, 3.63) is 66.1 Å².